The Balaban J connectivity index is 1.64. The Morgan fingerprint density at radius 3 is 2.80 bits per heavy atom. The molecule has 4 rings (SSSR count). The monoisotopic (exact) mass is 478 g/mol. The minimum Gasteiger partial charge on any atom is -0.481 e. The van der Waals surface area contributed by atoms with Crippen LogP contribution in [-0.4, -0.2) is 39.5 Å². The van der Waals surface area contributed by atoms with E-state index in [1.54, 1.807) is 36.1 Å². The molecule has 1 atom stereocenters. The number of amides is 1. The van der Waals surface area contributed by atoms with E-state index in [2.05, 4.69) is 20.6 Å². The molecular weight excluding hydrogens is 458 g/mol. The summed E-state index contributed by atoms with van der Waals surface area (Å²) in [5, 5.41) is 20.1. The summed E-state index contributed by atoms with van der Waals surface area (Å²) in [6, 6.07) is 11.3. The number of pyridine rings is 1. The van der Waals surface area contributed by atoms with Crippen LogP contribution in [0.1, 0.15) is 34.4 Å². The van der Waals surface area contributed by atoms with Crippen molar-refractivity contribution >= 4 is 5.91 Å². The number of nitriles is 1. The van der Waals surface area contributed by atoms with E-state index in [-0.39, 0.29) is 29.3 Å². The molecule has 11 heteroatoms. The molecule has 1 amide bonds. The number of benzene rings is 1. The first-order valence-electron chi connectivity index (χ1n) is 10.4. The first-order valence-corrected chi connectivity index (χ1v) is 10.4. The fourth-order valence-electron chi connectivity index (χ4n) is 3.72. The van der Waals surface area contributed by atoms with Gasteiger partial charge in [0.2, 0.25) is 5.88 Å². The highest BCUT2D eigenvalue weighted by atomic mass is 19.1. The Kier molecular flexibility index (Phi) is 6.29. The van der Waals surface area contributed by atoms with Crippen molar-refractivity contribution in [2.45, 2.75) is 12.3 Å². The van der Waals surface area contributed by atoms with Gasteiger partial charge in [-0.25, -0.2) is 18.4 Å². The molecule has 0 aliphatic rings. The summed E-state index contributed by atoms with van der Waals surface area (Å²) in [4.78, 5) is 17.3. The van der Waals surface area contributed by atoms with Gasteiger partial charge in [0.05, 0.1) is 30.0 Å². The van der Waals surface area contributed by atoms with Crippen molar-refractivity contribution in [3.63, 3.8) is 0 Å². The average molecular weight is 478 g/mol. The fourth-order valence-corrected chi connectivity index (χ4v) is 3.72. The lowest BCUT2D eigenvalue weighted by molar-refractivity contribution is 0.0937. The molecule has 3 aromatic heterocycles. The maximum Gasteiger partial charge on any atom is 0.273 e. The molecule has 3 heterocycles. The normalized spacial score (nSPS) is 12.6. The Hall–Kier alpha value is -4.59. The lowest BCUT2D eigenvalue weighted by Gasteiger charge is -2.29. The molecule has 0 fully saturated rings. The zero-order valence-corrected chi connectivity index (χ0v) is 19.0. The summed E-state index contributed by atoms with van der Waals surface area (Å²) in [6.07, 6.45) is 1.61. The Bertz CT molecular complexity index is 1440. The Morgan fingerprint density at radius 1 is 1.29 bits per heavy atom. The average Bonchev–Trinajstić information content (AvgIpc) is 3.49. The minimum atomic E-state index is -0.947. The van der Waals surface area contributed by atoms with Crippen LogP contribution >= 0.6 is 0 Å². The van der Waals surface area contributed by atoms with Crippen LogP contribution in [0.3, 0.4) is 0 Å². The van der Waals surface area contributed by atoms with Crippen molar-refractivity contribution in [1.29, 1.82) is 5.26 Å². The van der Waals surface area contributed by atoms with E-state index in [9.17, 15) is 18.8 Å². The summed E-state index contributed by atoms with van der Waals surface area (Å²) in [7, 11) is 3.22. The predicted molar refractivity (Wildman–Crippen MR) is 119 cm³/mol. The quantitative estimate of drug-likeness (QED) is 0.433. The molecule has 0 bridgehead atoms. The van der Waals surface area contributed by atoms with Crippen molar-refractivity contribution in [3.8, 4) is 23.3 Å². The maximum absolute atomic E-state index is 14.1. The molecule has 0 saturated carbocycles. The van der Waals surface area contributed by atoms with Crippen molar-refractivity contribution < 1.29 is 22.8 Å². The molecule has 0 spiro atoms. The third-order valence-electron chi connectivity index (χ3n) is 5.64. The van der Waals surface area contributed by atoms with Crippen LogP contribution in [0.5, 0.6) is 5.88 Å². The van der Waals surface area contributed by atoms with E-state index in [1.807, 2.05) is 13.0 Å². The molecule has 0 radical (unpaired) electrons. The molecule has 1 N–H and O–H groups in total. The topological polar surface area (TPSA) is 119 Å². The van der Waals surface area contributed by atoms with Crippen molar-refractivity contribution in [2.24, 2.45) is 7.05 Å². The third-order valence-corrected chi connectivity index (χ3v) is 5.64. The van der Waals surface area contributed by atoms with Gasteiger partial charge in [0.25, 0.3) is 5.91 Å². The van der Waals surface area contributed by atoms with Crippen molar-refractivity contribution in [3.05, 3.63) is 82.9 Å². The van der Waals surface area contributed by atoms with Crippen molar-refractivity contribution in [2.75, 3.05) is 13.7 Å². The molecule has 0 saturated heterocycles. The molecule has 0 aliphatic heterocycles. The van der Waals surface area contributed by atoms with Crippen LogP contribution in [0.25, 0.3) is 11.3 Å². The highest BCUT2D eigenvalue weighted by molar-refractivity contribution is 5.93. The number of aryl methyl sites for hydroxylation is 1. The molecule has 35 heavy (non-hydrogen) atoms. The van der Waals surface area contributed by atoms with Crippen molar-refractivity contribution in [1.82, 2.24) is 25.2 Å². The summed E-state index contributed by atoms with van der Waals surface area (Å²) < 4.78 is 39.5. The number of halogens is 2. The number of rotatable bonds is 7. The van der Waals surface area contributed by atoms with Crippen LogP contribution in [-0.2, 0) is 12.5 Å². The molecule has 1 aromatic carbocycles. The first kappa shape index (κ1) is 23.6. The van der Waals surface area contributed by atoms with Gasteiger partial charge in [-0.15, -0.1) is 0 Å². The summed E-state index contributed by atoms with van der Waals surface area (Å²) in [5.41, 5.74) is 0.295. The van der Waals surface area contributed by atoms with Gasteiger partial charge in [-0.2, -0.15) is 10.4 Å². The van der Waals surface area contributed by atoms with E-state index < -0.39 is 23.0 Å². The van der Waals surface area contributed by atoms with Gasteiger partial charge in [-0.3, -0.25) is 4.79 Å². The summed E-state index contributed by atoms with van der Waals surface area (Å²) in [6.45, 7) is 1.86. The van der Waals surface area contributed by atoms with E-state index in [4.69, 9.17) is 9.26 Å². The van der Waals surface area contributed by atoms with E-state index in [1.165, 1.54) is 19.2 Å². The zero-order chi connectivity index (χ0) is 25.2. The smallest absolute Gasteiger partial charge is 0.273 e. The number of carbonyl (C=O) groups excluding carboxylic acids is 1. The highest BCUT2D eigenvalue weighted by Gasteiger charge is 2.36. The second-order valence-electron chi connectivity index (χ2n) is 7.93. The molecule has 9 nitrogen and oxygen atoms in total. The van der Waals surface area contributed by atoms with Crippen LogP contribution in [0.4, 0.5) is 8.78 Å². The number of ether oxygens (including phenoxy) is 1. The van der Waals surface area contributed by atoms with Crippen LogP contribution in [0.15, 0.2) is 53.2 Å². The SMILES string of the molecule is COc1c(C(C)(CNC(=O)c2cc(-c3ccc(F)cc3F)on2)c2cccc(C#N)n2)cnn1C. The molecule has 178 valence electrons. The second kappa shape index (κ2) is 9.34. The zero-order valence-electron chi connectivity index (χ0n) is 19.0. The first-order chi connectivity index (χ1) is 16.8. The number of aromatic nitrogens is 4. The summed E-state index contributed by atoms with van der Waals surface area (Å²) >= 11 is 0. The van der Waals surface area contributed by atoms with Crippen LogP contribution in [0, 0.1) is 23.0 Å². The lowest BCUT2D eigenvalue weighted by Crippen LogP contribution is -2.40. The van der Waals surface area contributed by atoms with E-state index >= 15 is 0 Å². The molecular formula is C24H20F2N6O3. The fraction of sp³-hybridized carbons (Fsp3) is 0.208. The van der Waals surface area contributed by atoms with Gasteiger partial charge in [-0.1, -0.05) is 11.2 Å². The minimum absolute atomic E-state index is 0.0206. The maximum atomic E-state index is 14.1. The van der Waals surface area contributed by atoms with E-state index in [0.717, 1.165) is 6.07 Å². The number of hydrogen-bond donors (Lipinski definition) is 1. The van der Waals surface area contributed by atoms with E-state index in [0.29, 0.717) is 23.2 Å². The molecule has 4 aromatic rings. The Morgan fingerprint density at radius 2 is 2.09 bits per heavy atom. The molecule has 1 unspecified atom stereocenters. The molecule has 0 aliphatic carbocycles. The predicted octanol–water partition coefficient (Wildman–Crippen LogP) is 3.36. The second-order valence-corrected chi connectivity index (χ2v) is 7.93. The number of methoxy groups -OCH3 is 1. The van der Waals surface area contributed by atoms with Gasteiger partial charge >= 0.3 is 0 Å². The summed E-state index contributed by atoms with van der Waals surface area (Å²) in [5.74, 6) is -1.72. The number of carbonyl (C=O) groups is 1. The number of hydrogen-bond acceptors (Lipinski definition) is 7. The van der Waals surface area contributed by atoms with Crippen LogP contribution < -0.4 is 10.1 Å². The standard InChI is InChI=1S/C24H20F2N6O3/c1-24(17-12-29-32(2)23(17)34-3,21-6-4-5-15(11-27)30-21)13-28-22(33)19-10-20(35-31-19)16-8-7-14(25)9-18(16)26/h4-10,12H,13H2,1-3H3,(H,28,33). The Labute approximate surface area is 198 Å². The van der Waals surface area contributed by atoms with Gasteiger partial charge in [0.15, 0.2) is 11.5 Å². The largest absolute Gasteiger partial charge is 0.481 e. The van der Waals surface area contributed by atoms with Gasteiger partial charge in [0, 0.05) is 31.3 Å². The van der Waals surface area contributed by atoms with Gasteiger partial charge in [-0.05, 0) is 31.2 Å². The van der Waals surface area contributed by atoms with Gasteiger partial charge in [0.1, 0.15) is 23.4 Å². The third kappa shape index (κ3) is 4.46. The number of nitrogens with one attached hydrogen (secondary N) is 1. The number of nitrogens with zero attached hydrogens (tertiary/aromatic N) is 5. The van der Waals surface area contributed by atoms with Gasteiger partial charge < -0.3 is 14.6 Å². The van der Waals surface area contributed by atoms with Crippen LogP contribution in [0.2, 0.25) is 0 Å². The highest BCUT2D eigenvalue weighted by Crippen LogP contribution is 2.36. The lowest BCUT2D eigenvalue weighted by atomic mass is 9.80.